The molecular formula is C18H23N3O3. The largest absolute Gasteiger partial charge is 0.497 e. The van der Waals surface area contributed by atoms with Gasteiger partial charge in [-0.25, -0.2) is 0 Å². The number of ether oxygens (including phenoxy) is 2. The Bertz CT molecular complexity index is 752. The first kappa shape index (κ1) is 16.4. The van der Waals surface area contributed by atoms with Crippen molar-refractivity contribution in [3.05, 3.63) is 40.7 Å². The first-order valence-electron chi connectivity index (χ1n) is 8.18. The molecule has 1 aliphatic carbocycles. The van der Waals surface area contributed by atoms with E-state index in [0.717, 1.165) is 41.9 Å². The van der Waals surface area contributed by atoms with Crippen LogP contribution in [0.4, 0.5) is 0 Å². The van der Waals surface area contributed by atoms with Gasteiger partial charge in [-0.05, 0) is 49.4 Å². The predicted molar refractivity (Wildman–Crippen MR) is 90.8 cm³/mol. The van der Waals surface area contributed by atoms with Crippen molar-refractivity contribution in [1.29, 1.82) is 0 Å². The summed E-state index contributed by atoms with van der Waals surface area (Å²) < 4.78 is 12.5. The number of nitrogens with one attached hydrogen (secondary N) is 1. The third-order valence-electron chi connectivity index (χ3n) is 4.50. The van der Waals surface area contributed by atoms with Crippen molar-refractivity contribution in [2.24, 2.45) is 7.05 Å². The zero-order chi connectivity index (χ0) is 17.1. The Balaban J connectivity index is 1.65. The molecule has 1 aliphatic rings. The molecule has 0 fully saturated rings. The molecule has 1 aromatic carbocycles. The highest BCUT2D eigenvalue weighted by atomic mass is 16.5. The smallest absolute Gasteiger partial charge is 0.272 e. The number of aryl methyl sites for hydroxylation is 1. The van der Waals surface area contributed by atoms with E-state index in [1.54, 1.807) is 14.2 Å². The van der Waals surface area contributed by atoms with E-state index in [0.29, 0.717) is 18.7 Å². The SMILES string of the molecule is COc1ccc(OC)c(CCNC(=O)c2nn(C)c3c2CCC3)c1. The lowest BCUT2D eigenvalue weighted by atomic mass is 10.1. The second kappa shape index (κ2) is 6.95. The van der Waals surface area contributed by atoms with Crippen molar-refractivity contribution >= 4 is 5.91 Å². The molecule has 6 heteroatoms. The summed E-state index contributed by atoms with van der Waals surface area (Å²) in [5.41, 5.74) is 3.87. The maximum atomic E-state index is 12.4. The van der Waals surface area contributed by atoms with Crippen LogP contribution in [0, 0.1) is 0 Å². The fourth-order valence-corrected chi connectivity index (χ4v) is 3.26. The minimum atomic E-state index is -0.101. The van der Waals surface area contributed by atoms with Gasteiger partial charge in [-0.3, -0.25) is 9.48 Å². The van der Waals surface area contributed by atoms with Gasteiger partial charge in [0.2, 0.25) is 0 Å². The van der Waals surface area contributed by atoms with Gasteiger partial charge in [-0.1, -0.05) is 0 Å². The Morgan fingerprint density at radius 2 is 2.12 bits per heavy atom. The molecule has 0 saturated heterocycles. The highest BCUT2D eigenvalue weighted by molar-refractivity contribution is 5.94. The number of rotatable bonds is 6. The summed E-state index contributed by atoms with van der Waals surface area (Å²) in [7, 11) is 5.18. The quantitative estimate of drug-likeness (QED) is 0.879. The monoisotopic (exact) mass is 329 g/mol. The zero-order valence-electron chi connectivity index (χ0n) is 14.4. The van der Waals surface area contributed by atoms with Crippen LogP contribution < -0.4 is 14.8 Å². The standard InChI is InChI=1S/C18H23N3O3/c1-21-15-6-4-5-14(15)17(20-21)18(22)19-10-9-12-11-13(23-2)7-8-16(12)24-3/h7-8,11H,4-6,9-10H2,1-3H3,(H,19,22). The molecule has 2 aromatic rings. The summed E-state index contributed by atoms with van der Waals surface area (Å²) in [6.45, 7) is 0.522. The predicted octanol–water partition coefficient (Wildman–Crippen LogP) is 1.90. The topological polar surface area (TPSA) is 65.4 Å². The molecular weight excluding hydrogens is 306 g/mol. The van der Waals surface area contributed by atoms with Crippen LogP contribution in [0.3, 0.4) is 0 Å². The maximum absolute atomic E-state index is 12.4. The van der Waals surface area contributed by atoms with E-state index in [-0.39, 0.29) is 5.91 Å². The van der Waals surface area contributed by atoms with Gasteiger partial charge in [0.25, 0.3) is 5.91 Å². The summed E-state index contributed by atoms with van der Waals surface area (Å²) in [5, 5.41) is 7.35. The Hall–Kier alpha value is -2.50. The highest BCUT2D eigenvalue weighted by Crippen LogP contribution is 2.25. The Morgan fingerprint density at radius 1 is 1.29 bits per heavy atom. The van der Waals surface area contributed by atoms with Gasteiger partial charge in [-0.2, -0.15) is 5.10 Å². The molecule has 128 valence electrons. The molecule has 1 N–H and O–H groups in total. The number of hydrogen-bond donors (Lipinski definition) is 1. The summed E-state index contributed by atoms with van der Waals surface area (Å²) >= 11 is 0. The molecule has 0 aliphatic heterocycles. The minimum Gasteiger partial charge on any atom is -0.497 e. The Morgan fingerprint density at radius 3 is 2.88 bits per heavy atom. The van der Waals surface area contributed by atoms with Gasteiger partial charge < -0.3 is 14.8 Å². The lowest BCUT2D eigenvalue weighted by molar-refractivity contribution is 0.0947. The number of nitrogens with zero attached hydrogens (tertiary/aromatic N) is 2. The first-order chi connectivity index (χ1) is 11.6. The fraction of sp³-hybridized carbons (Fsp3) is 0.444. The van der Waals surface area contributed by atoms with Crippen LogP contribution in [0.1, 0.15) is 33.7 Å². The van der Waals surface area contributed by atoms with Gasteiger partial charge in [0.15, 0.2) is 5.69 Å². The minimum absolute atomic E-state index is 0.101. The van der Waals surface area contributed by atoms with Crippen LogP contribution >= 0.6 is 0 Å². The van der Waals surface area contributed by atoms with Gasteiger partial charge in [0, 0.05) is 24.8 Å². The van der Waals surface area contributed by atoms with Crippen LogP contribution in [0.25, 0.3) is 0 Å². The molecule has 0 atom stereocenters. The number of hydrogen-bond acceptors (Lipinski definition) is 4. The molecule has 1 aromatic heterocycles. The number of carbonyl (C=O) groups excluding carboxylic acids is 1. The molecule has 0 spiro atoms. The Labute approximate surface area is 141 Å². The van der Waals surface area contributed by atoms with Crippen molar-refractivity contribution in [2.45, 2.75) is 25.7 Å². The summed E-state index contributed by atoms with van der Waals surface area (Å²) in [5.74, 6) is 1.47. The van der Waals surface area contributed by atoms with Crippen molar-refractivity contribution in [2.75, 3.05) is 20.8 Å². The molecule has 6 nitrogen and oxygen atoms in total. The molecule has 0 radical (unpaired) electrons. The lowest BCUT2D eigenvalue weighted by Gasteiger charge is -2.11. The molecule has 0 unspecified atom stereocenters. The molecule has 3 rings (SSSR count). The number of carbonyl (C=O) groups is 1. The van der Waals surface area contributed by atoms with Crippen molar-refractivity contribution in [3.63, 3.8) is 0 Å². The third kappa shape index (κ3) is 3.09. The van der Waals surface area contributed by atoms with Gasteiger partial charge in [0.1, 0.15) is 11.5 Å². The maximum Gasteiger partial charge on any atom is 0.272 e. The number of amides is 1. The van der Waals surface area contributed by atoms with Crippen LogP contribution in [0.2, 0.25) is 0 Å². The number of methoxy groups -OCH3 is 2. The summed E-state index contributed by atoms with van der Waals surface area (Å²) in [4.78, 5) is 12.4. The van der Waals surface area contributed by atoms with E-state index >= 15 is 0 Å². The highest BCUT2D eigenvalue weighted by Gasteiger charge is 2.24. The van der Waals surface area contributed by atoms with E-state index in [2.05, 4.69) is 10.4 Å². The fourth-order valence-electron chi connectivity index (χ4n) is 3.26. The van der Waals surface area contributed by atoms with Crippen LogP contribution in [-0.2, 0) is 26.3 Å². The van der Waals surface area contributed by atoms with E-state index in [4.69, 9.17) is 9.47 Å². The van der Waals surface area contributed by atoms with E-state index in [1.807, 2.05) is 29.9 Å². The normalized spacial score (nSPS) is 12.8. The molecule has 0 saturated carbocycles. The third-order valence-corrected chi connectivity index (χ3v) is 4.50. The number of benzene rings is 1. The second-order valence-electron chi connectivity index (χ2n) is 5.93. The van der Waals surface area contributed by atoms with Crippen molar-refractivity contribution < 1.29 is 14.3 Å². The Kier molecular flexibility index (Phi) is 4.74. The van der Waals surface area contributed by atoms with Crippen LogP contribution in [-0.4, -0.2) is 36.5 Å². The van der Waals surface area contributed by atoms with E-state index in [9.17, 15) is 4.79 Å². The average molecular weight is 329 g/mol. The van der Waals surface area contributed by atoms with Gasteiger partial charge >= 0.3 is 0 Å². The molecule has 0 bridgehead atoms. The van der Waals surface area contributed by atoms with Crippen LogP contribution in [0.5, 0.6) is 11.5 Å². The molecule has 1 heterocycles. The van der Waals surface area contributed by atoms with Crippen molar-refractivity contribution in [3.8, 4) is 11.5 Å². The molecule has 1 amide bonds. The van der Waals surface area contributed by atoms with Gasteiger partial charge in [0.05, 0.1) is 14.2 Å². The number of aromatic nitrogens is 2. The van der Waals surface area contributed by atoms with E-state index < -0.39 is 0 Å². The van der Waals surface area contributed by atoms with Crippen molar-refractivity contribution in [1.82, 2.24) is 15.1 Å². The zero-order valence-corrected chi connectivity index (χ0v) is 14.4. The van der Waals surface area contributed by atoms with E-state index in [1.165, 1.54) is 5.69 Å². The lowest BCUT2D eigenvalue weighted by Crippen LogP contribution is -2.27. The second-order valence-corrected chi connectivity index (χ2v) is 5.93. The molecule has 24 heavy (non-hydrogen) atoms. The summed E-state index contributed by atoms with van der Waals surface area (Å²) in [6, 6.07) is 5.67. The first-order valence-corrected chi connectivity index (χ1v) is 8.18. The van der Waals surface area contributed by atoms with Crippen LogP contribution in [0.15, 0.2) is 18.2 Å². The van der Waals surface area contributed by atoms with Gasteiger partial charge in [-0.15, -0.1) is 0 Å². The number of fused-ring (bicyclic) bond motifs is 1. The summed E-state index contributed by atoms with van der Waals surface area (Å²) in [6.07, 6.45) is 3.71. The average Bonchev–Trinajstić information content (AvgIpc) is 3.19.